The van der Waals surface area contributed by atoms with Crippen LogP contribution in [0, 0.1) is 0 Å². The monoisotopic (exact) mass is 221 g/mol. The highest BCUT2D eigenvalue weighted by Gasteiger charge is 2.09. The van der Waals surface area contributed by atoms with E-state index in [1.165, 1.54) is 0 Å². The smallest absolute Gasteiger partial charge is 0.0762 e. The molecule has 90 valence electrons. The van der Waals surface area contributed by atoms with Crippen LogP contribution < -0.4 is 5.32 Å². The van der Waals surface area contributed by atoms with Crippen LogP contribution in [0.3, 0.4) is 0 Å². The molecule has 1 aromatic heterocycles. The van der Waals surface area contributed by atoms with Gasteiger partial charge < -0.3 is 5.32 Å². The number of hydrogen-bond acceptors (Lipinski definition) is 2. The number of hydrogen-bond donors (Lipinski definition) is 1. The molecule has 1 aromatic rings. The quantitative estimate of drug-likeness (QED) is 0.591. The van der Waals surface area contributed by atoms with E-state index in [9.17, 15) is 0 Å². The van der Waals surface area contributed by atoms with Crippen molar-refractivity contribution in [1.29, 1.82) is 0 Å². The van der Waals surface area contributed by atoms with Gasteiger partial charge >= 0.3 is 0 Å². The summed E-state index contributed by atoms with van der Waals surface area (Å²) in [4.78, 5) is 0. The number of aromatic nitrogens is 2. The molecule has 0 aromatic carbocycles. The summed E-state index contributed by atoms with van der Waals surface area (Å²) < 4.78 is 2.00. The second kappa shape index (κ2) is 5.85. The van der Waals surface area contributed by atoms with Crippen LogP contribution in [0.1, 0.15) is 39.3 Å². The molecular formula is C13H23N3. The molecule has 0 bridgehead atoms. The highest BCUT2D eigenvalue weighted by atomic mass is 15.3. The van der Waals surface area contributed by atoms with Gasteiger partial charge in [0.2, 0.25) is 0 Å². The van der Waals surface area contributed by atoms with Crippen molar-refractivity contribution in [1.82, 2.24) is 15.1 Å². The minimum absolute atomic E-state index is 0.145. The van der Waals surface area contributed by atoms with Gasteiger partial charge in [-0.2, -0.15) is 5.10 Å². The van der Waals surface area contributed by atoms with Gasteiger partial charge in [-0.05, 0) is 39.7 Å². The summed E-state index contributed by atoms with van der Waals surface area (Å²) in [7, 11) is 0. The molecule has 3 heteroatoms. The summed E-state index contributed by atoms with van der Waals surface area (Å²) in [6.07, 6.45) is 6.15. The molecule has 0 aliphatic heterocycles. The summed E-state index contributed by atoms with van der Waals surface area (Å²) in [5.74, 6) is 0. The van der Waals surface area contributed by atoms with Crippen molar-refractivity contribution in [2.45, 2.75) is 52.2 Å². The van der Waals surface area contributed by atoms with Gasteiger partial charge in [0.1, 0.15) is 0 Å². The number of aryl methyl sites for hydroxylation is 1. The Morgan fingerprint density at radius 3 is 2.88 bits per heavy atom. The van der Waals surface area contributed by atoms with Crippen molar-refractivity contribution in [2.75, 3.05) is 0 Å². The maximum atomic E-state index is 4.50. The Hall–Kier alpha value is -1.09. The summed E-state index contributed by atoms with van der Waals surface area (Å²) >= 11 is 0. The lowest BCUT2D eigenvalue weighted by Gasteiger charge is -2.19. The highest BCUT2D eigenvalue weighted by Crippen LogP contribution is 2.03. The second-order valence-electron chi connectivity index (χ2n) is 5.10. The van der Waals surface area contributed by atoms with E-state index < -0.39 is 0 Å². The van der Waals surface area contributed by atoms with Crippen molar-refractivity contribution in [3.05, 3.63) is 30.6 Å². The van der Waals surface area contributed by atoms with Gasteiger partial charge in [-0.1, -0.05) is 6.08 Å². The summed E-state index contributed by atoms with van der Waals surface area (Å²) in [6.45, 7) is 12.0. The zero-order chi connectivity index (χ0) is 12.0. The number of allylic oxidation sites excluding steroid dienone is 1. The van der Waals surface area contributed by atoms with Crippen molar-refractivity contribution in [2.24, 2.45) is 0 Å². The fourth-order valence-corrected chi connectivity index (χ4v) is 1.38. The van der Waals surface area contributed by atoms with Crippen LogP contribution >= 0.6 is 0 Å². The van der Waals surface area contributed by atoms with Crippen molar-refractivity contribution < 1.29 is 0 Å². The first-order valence-electron chi connectivity index (χ1n) is 5.89. The number of nitrogens with zero attached hydrogens (tertiary/aromatic N) is 2. The second-order valence-corrected chi connectivity index (χ2v) is 5.10. The molecule has 0 aliphatic rings. The van der Waals surface area contributed by atoms with E-state index in [1.54, 1.807) is 0 Å². The van der Waals surface area contributed by atoms with Gasteiger partial charge in [-0.15, -0.1) is 6.58 Å². The van der Waals surface area contributed by atoms with Crippen LogP contribution in [0.4, 0.5) is 0 Å². The third kappa shape index (κ3) is 5.12. The first-order valence-corrected chi connectivity index (χ1v) is 5.89. The molecule has 3 nitrogen and oxygen atoms in total. The van der Waals surface area contributed by atoms with Gasteiger partial charge in [-0.25, -0.2) is 0 Å². The first-order chi connectivity index (χ1) is 7.51. The molecule has 0 unspecified atom stereocenters. The zero-order valence-electron chi connectivity index (χ0n) is 10.7. The van der Waals surface area contributed by atoms with E-state index in [-0.39, 0.29) is 5.54 Å². The van der Waals surface area contributed by atoms with Gasteiger partial charge in [0, 0.05) is 24.8 Å². The van der Waals surface area contributed by atoms with E-state index in [4.69, 9.17) is 0 Å². The predicted octanol–water partition coefficient (Wildman–Crippen LogP) is 2.74. The summed E-state index contributed by atoms with van der Waals surface area (Å²) in [6, 6.07) is 2.08. The zero-order valence-corrected chi connectivity index (χ0v) is 10.7. The van der Waals surface area contributed by atoms with Gasteiger partial charge in [0.05, 0.1) is 5.69 Å². The lowest BCUT2D eigenvalue weighted by molar-refractivity contribution is 0.419. The molecule has 0 atom stereocenters. The Labute approximate surface area is 98.5 Å². The number of nitrogens with one attached hydrogen (secondary N) is 1. The molecular weight excluding hydrogens is 198 g/mol. The maximum Gasteiger partial charge on any atom is 0.0762 e. The average molecular weight is 221 g/mol. The highest BCUT2D eigenvalue weighted by molar-refractivity contribution is 4.99. The van der Waals surface area contributed by atoms with Crippen molar-refractivity contribution in [3.63, 3.8) is 0 Å². The molecule has 0 fully saturated rings. The van der Waals surface area contributed by atoms with Crippen LogP contribution in [-0.4, -0.2) is 15.3 Å². The molecule has 0 saturated heterocycles. The fourth-order valence-electron chi connectivity index (χ4n) is 1.38. The summed E-state index contributed by atoms with van der Waals surface area (Å²) in [5.41, 5.74) is 1.25. The molecule has 0 saturated carbocycles. The van der Waals surface area contributed by atoms with E-state index in [2.05, 4.69) is 43.8 Å². The fraction of sp³-hybridized carbons (Fsp3) is 0.615. The van der Waals surface area contributed by atoms with Crippen molar-refractivity contribution >= 4 is 0 Å². The molecule has 0 amide bonds. The van der Waals surface area contributed by atoms with Gasteiger partial charge in [0.25, 0.3) is 0 Å². The van der Waals surface area contributed by atoms with Crippen LogP contribution in [0.2, 0.25) is 0 Å². The van der Waals surface area contributed by atoms with E-state index in [0.29, 0.717) is 0 Å². The van der Waals surface area contributed by atoms with Crippen LogP contribution in [0.5, 0.6) is 0 Å². The van der Waals surface area contributed by atoms with Crippen LogP contribution in [-0.2, 0) is 13.1 Å². The summed E-state index contributed by atoms with van der Waals surface area (Å²) in [5, 5.41) is 7.93. The van der Waals surface area contributed by atoms with Crippen LogP contribution in [0.25, 0.3) is 0 Å². The SMILES string of the molecule is C=CCCCn1ccc(CNC(C)(C)C)n1. The third-order valence-electron chi connectivity index (χ3n) is 2.29. The third-order valence-corrected chi connectivity index (χ3v) is 2.29. The lowest BCUT2D eigenvalue weighted by Crippen LogP contribution is -2.35. The standard InChI is InChI=1S/C13H23N3/c1-5-6-7-9-16-10-8-12(15-16)11-14-13(2,3)4/h5,8,10,14H,1,6-7,9,11H2,2-4H3. The molecule has 1 rings (SSSR count). The Bertz CT molecular complexity index is 320. The maximum absolute atomic E-state index is 4.50. The van der Waals surface area contributed by atoms with E-state index in [1.807, 2.05) is 17.0 Å². The number of rotatable bonds is 6. The Kier molecular flexibility index (Phi) is 4.74. The van der Waals surface area contributed by atoms with E-state index in [0.717, 1.165) is 31.6 Å². The first kappa shape index (κ1) is 13.0. The normalized spacial score (nSPS) is 11.7. The van der Waals surface area contributed by atoms with Crippen LogP contribution in [0.15, 0.2) is 24.9 Å². The van der Waals surface area contributed by atoms with Gasteiger partial charge in [0.15, 0.2) is 0 Å². The predicted molar refractivity (Wildman–Crippen MR) is 68.3 cm³/mol. The Morgan fingerprint density at radius 1 is 1.50 bits per heavy atom. The minimum atomic E-state index is 0.145. The average Bonchev–Trinajstić information content (AvgIpc) is 2.62. The topological polar surface area (TPSA) is 29.9 Å². The molecule has 0 radical (unpaired) electrons. The largest absolute Gasteiger partial charge is 0.306 e. The lowest BCUT2D eigenvalue weighted by atomic mass is 10.1. The minimum Gasteiger partial charge on any atom is -0.306 e. The Balaban J connectivity index is 2.36. The molecule has 0 spiro atoms. The number of unbranched alkanes of at least 4 members (excludes halogenated alkanes) is 1. The molecule has 0 aliphatic carbocycles. The van der Waals surface area contributed by atoms with Crippen molar-refractivity contribution in [3.8, 4) is 0 Å². The molecule has 1 N–H and O–H groups in total. The molecule has 16 heavy (non-hydrogen) atoms. The van der Waals surface area contributed by atoms with Gasteiger partial charge in [-0.3, -0.25) is 4.68 Å². The Morgan fingerprint density at radius 2 is 2.25 bits per heavy atom. The molecule has 1 heterocycles. The van der Waals surface area contributed by atoms with E-state index >= 15 is 0 Å².